The summed E-state index contributed by atoms with van der Waals surface area (Å²) in [7, 11) is 0. The van der Waals surface area contributed by atoms with Crippen molar-refractivity contribution in [2.45, 2.75) is 38.8 Å². The predicted octanol–water partition coefficient (Wildman–Crippen LogP) is 0.563. The minimum Gasteiger partial charge on any atom is -0.480 e. The molecule has 2 heterocycles. The van der Waals surface area contributed by atoms with Crippen molar-refractivity contribution in [2.75, 3.05) is 13.1 Å². The Balaban J connectivity index is 1.86. The van der Waals surface area contributed by atoms with Crippen molar-refractivity contribution in [3.63, 3.8) is 0 Å². The first kappa shape index (κ1) is 15.3. The SMILES string of the molecule is CCC1CCN(C(=O)NCCn2ccnn2)C(C(=O)O)C1. The van der Waals surface area contributed by atoms with Crippen LogP contribution >= 0.6 is 0 Å². The zero-order valence-electron chi connectivity index (χ0n) is 12.1. The summed E-state index contributed by atoms with van der Waals surface area (Å²) >= 11 is 0. The molecule has 8 heteroatoms. The normalized spacial score (nSPS) is 22.0. The molecule has 1 aromatic rings. The Kier molecular flexibility index (Phi) is 5.13. The van der Waals surface area contributed by atoms with Crippen molar-refractivity contribution in [3.8, 4) is 0 Å². The van der Waals surface area contributed by atoms with Crippen molar-refractivity contribution in [1.29, 1.82) is 0 Å². The topological polar surface area (TPSA) is 100 Å². The minimum atomic E-state index is -0.931. The molecule has 8 nitrogen and oxygen atoms in total. The molecule has 0 aromatic carbocycles. The lowest BCUT2D eigenvalue weighted by atomic mass is 9.89. The van der Waals surface area contributed by atoms with Crippen LogP contribution in [0.4, 0.5) is 4.79 Å². The molecule has 116 valence electrons. The smallest absolute Gasteiger partial charge is 0.326 e. The van der Waals surface area contributed by atoms with Gasteiger partial charge in [-0.05, 0) is 18.8 Å². The number of amides is 2. The fourth-order valence-corrected chi connectivity index (χ4v) is 2.62. The maximum absolute atomic E-state index is 12.1. The second-order valence-electron chi connectivity index (χ2n) is 5.24. The Morgan fingerprint density at radius 2 is 2.29 bits per heavy atom. The second-order valence-corrected chi connectivity index (χ2v) is 5.24. The van der Waals surface area contributed by atoms with E-state index in [9.17, 15) is 14.7 Å². The molecule has 2 N–H and O–H groups in total. The Morgan fingerprint density at radius 1 is 1.48 bits per heavy atom. The quantitative estimate of drug-likeness (QED) is 0.827. The standard InChI is InChI=1S/C13H21N5O3/c1-2-10-3-6-18(11(9-10)12(19)20)13(21)14-4-7-17-8-5-15-16-17/h5,8,10-11H,2-4,6-7,9H2,1H3,(H,14,21)(H,19,20). The largest absolute Gasteiger partial charge is 0.480 e. The molecule has 0 spiro atoms. The highest BCUT2D eigenvalue weighted by atomic mass is 16.4. The molecule has 1 aliphatic rings. The van der Waals surface area contributed by atoms with Crippen molar-refractivity contribution in [3.05, 3.63) is 12.4 Å². The van der Waals surface area contributed by atoms with Gasteiger partial charge in [0.05, 0.1) is 12.7 Å². The van der Waals surface area contributed by atoms with Gasteiger partial charge in [-0.3, -0.25) is 4.68 Å². The van der Waals surface area contributed by atoms with Crippen LogP contribution in [-0.2, 0) is 11.3 Å². The number of piperidine rings is 1. The third-order valence-electron chi connectivity index (χ3n) is 3.92. The molecule has 1 aliphatic heterocycles. The highest BCUT2D eigenvalue weighted by molar-refractivity contribution is 5.82. The number of hydrogen-bond donors (Lipinski definition) is 2. The molecule has 1 saturated heterocycles. The first-order valence-corrected chi connectivity index (χ1v) is 7.23. The van der Waals surface area contributed by atoms with Crippen molar-refractivity contribution in [1.82, 2.24) is 25.2 Å². The summed E-state index contributed by atoms with van der Waals surface area (Å²) in [5, 5.41) is 19.5. The molecule has 0 radical (unpaired) electrons. The van der Waals surface area contributed by atoms with E-state index in [1.165, 1.54) is 4.90 Å². The van der Waals surface area contributed by atoms with E-state index in [2.05, 4.69) is 22.6 Å². The van der Waals surface area contributed by atoms with E-state index in [1.54, 1.807) is 17.1 Å². The fraction of sp³-hybridized carbons (Fsp3) is 0.692. The summed E-state index contributed by atoms with van der Waals surface area (Å²) in [5.41, 5.74) is 0. The van der Waals surface area contributed by atoms with Crippen LogP contribution in [0.2, 0.25) is 0 Å². The fourth-order valence-electron chi connectivity index (χ4n) is 2.62. The Bertz CT molecular complexity index is 476. The number of nitrogens with zero attached hydrogens (tertiary/aromatic N) is 4. The molecular weight excluding hydrogens is 274 g/mol. The number of likely N-dealkylation sites (tertiary alicyclic amines) is 1. The first-order valence-electron chi connectivity index (χ1n) is 7.23. The van der Waals surface area contributed by atoms with Crippen LogP contribution in [0.1, 0.15) is 26.2 Å². The lowest BCUT2D eigenvalue weighted by Crippen LogP contribution is -2.53. The monoisotopic (exact) mass is 295 g/mol. The van der Waals surface area contributed by atoms with Gasteiger partial charge in [-0.25, -0.2) is 9.59 Å². The number of aliphatic carboxylic acids is 1. The second kappa shape index (κ2) is 7.05. The maximum Gasteiger partial charge on any atom is 0.326 e. The lowest BCUT2D eigenvalue weighted by molar-refractivity contribution is -0.144. The van der Waals surface area contributed by atoms with E-state index in [1.807, 2.05) is 0 Å². The maximum atomic E-state index is 12.1. The number of hydrogen-bond acceptors (Lipinski definition) is 4. The van der Waals surface area contributed by atoms with E-state index in [4.69, 9.17) is 0 Å². The van der Waals surface area contributed by atoms with E-state index >= 15 is 0 Å². The zero-order valence-corrected chi connectivity index (χ0v) is 12.1. The van der Waals surface area contributed by atoms with Crippen LogP contribution in [0.5, 0.6) is 0 Å². The number of urea groups is 1. The molecule has 0 bridgehead atoms. The van der Waals surface area contributed by atoms with Gasteiger partial charge in [-0.15, -0.1) is 5.10 Å². The number of carboxylic acids is 1. The highest BCUT2D eigenvalue weighted by Crippen LogP contribution is 2.25. The van der Waals surface area contributed by atoms with Gasteiger partial charge in [0.1, 0.15) is 6.04 Å². The first-order chi connectivity index (χ1) is 10.1. The van der Waals surface area contributed by atoms with Gasteiger partial charge in [0, 0.05) is 19.3 Å². The van der Waals surface area contributed by atoms with E-state index in [0.717, 1.165) is 12.8 Å². The zero-order chi connectivity index (χ0) is 15.2. The summed E-state index contributed by atoms with van der Waals surface area (Å²) < 4.78 is 1.61. The van der Waals surface area contributed by atoms with Crippen LogP contribution in [0.3, 0.4) is 0 Å². The molecule has 2 amide bonds. The predicted molar refractivity (Wildman–Crippen MR) is 74.6 cm³/mol. The summed E-state index contributed by atoms with van der Waals surface area (Å²) in [5.74, 6) is -0.551. The average Bonchev–Trinajstić information content (AvgIpc) is 2.99. The Hall–Kier alpha value is -2.12. The molecule has 21 heavy (non-hydrogen) atoms. The lowest BCUT2D eigenvalue weighted by Gasteiger charge is -2.36. The van der Waals surface area contributed by atoms with Gasteiger partial charge in [0.2, 0.25) is 0 Å². The number of rotatable bonds is 5. The molecule has 0 aliphatic carbocycles. The molecule has 2 rings (SSSR count). The number of carbonyl (C=O) groups is 2. The van der Waals surface area contributed by atoms with Gasteiger partial charge >= 0.3 is 12.0 Å². The van der Waals surface area contributed by atoms with E-state index in [0.29, 0.717) is 32.0 Å². The molecule has 2 atom stereocenters. The van der Waals surface area contributed by atoms with E-state index in [-0.39, 0.29) is 6.03 Å². The number of carbonyl (C=O) groups excluding carboxylic acids is 1. The average molecular weight is 295 g/mol. The minimum absolute atomic E-state index is 0.322. The van der Waals surface area contributed by atoms with E-state index < -0.39 is 12.0 Å². The van der Waals surface area contributed by atoms with Crippen molar-refractivity contribution < 1.29 is 14.7 Å². The molecule has 1 fully saturated rings. The van der Waals surface area contributed by atoms with Gasteiger partial charge in [-0.2, -0.15) is 0 Å². The summed E-state index contributed by atoms with van der Waals surface area (Å²) in [4.78, 5) is 24.9. The third-order valence-corrected chi connectivity index (χ3v) is 3.92. The van der Waals surface area contributed by atoms with Crippen LogP contribution in [0.25, 0.3) is 0 Å². The summed E-state index contributed by atoms with van der Waals surface area (Å²) in [6.45, 7) is 3.44. The molecule has 2 unspecified atom stereocenters. The van der Waals surface area contributed by atoms with Gasteiger partial charge in [0.15, 0.2) is 0 Å². The van der Waals surface area contributed by atoms with Crippen LogP contribution in [0, 0.1) is 5.92 Å². The summed E-state index contributed by atoms with van der Waals surface area (Å²) in [6.07, 6.45) is 5.61. The molecule has 0 saturated carbocycles. The van der Waals surface area contributed by atoms with Crippen LogP contribution in [-0.4, -0.2) is 56.1 Å². The number of carboxylic acid groups (broad SMARTS) is 1. The van der Waals surface area contributed by atoms with Crippen molar-refractivity contribution in [2.24, 2.45) is 5.92 Å². The highest BCUT2D eigenvalue weighted by Gasteiger charge is 2.35. The van der Waals surface area contributed by atoms with Gasteiger partial charge in [0.25, 0.3) is 0 Å². The Morgan fingerprint density at radius 3 is 2.90 bits per heavy atom. The van der Waals surface area contributed by atoms with Gasteiger partial charge in [-0.1, -0.05) is 18.6 Å². The molecule has 1 aromatic heterocycles. The van der Waals surface area contributed by atoms with Crippen LogP contribution < -0.4 is 5.32 Å². The Labute approximate surface area is 123 Å². The third kappa shape index (κ3) is 3.93. The molecular formula is C13H21N5O3. The van der Waals surface area contributed by atoms with Gasteiger partial charge < -0.3 is 15.3 Å². The number of nitrogens with one attached hydrogen (secondary N) is 1. The summed E-state index contributed by atoms with van der Waals surface area (Å²) in [6, 6.07) is -1.05. The van der Waals surface area contributed by atoms with Crippen molar-refractivity contribution >= 4 is 12.0 Å². The number of aromatic nitrogens is 3. The van der Waals surface area contributed by atoms with Crippen LogP contribution in [0.15, 0.2) is 12.4 Å².